The number of carbonyl (C=O) groups is 4. The summed E-state index contributed by atoms with van der Waals surface area (Å²) in [6, 6.07) is 9.36. The zero-order valence-electron chi connectivity index (χ0n) is 17.5. The third-order valence-electron chi connectivity index (χ3n) is 5.89. The number of nitrogens with one attached hydrogen (secondary N) is 1. The second-order valence-corrected chi connectivity index (χ2v) is 7.90. The van der Waals surface area contributed by atoms with Crippen molar-refractivity contribution < 1.29 is 19.2 Å². The lowest BCUT2D eigenvalue weighted by molar-refractivity contribution is -0.141. The number of para-hydroxylation sites is 1. The summed E-state index contributed by atoms with van der Waals surface area (Å²) in [6.45, 7) is 4.75. The quantitative estimate of drug-likeness (QED) is 0.787. The highest BCUT2D eigenvalue weighted by Gasteiger charge is 2.28. The number of piperidine rings is 1. The van der Waals surface area contributed by atoms with Crippen molar-refractivity contribution in [2.24, 2.45) is 5.92 Å². The van der Waals surface area contributed by atoms with E-state index in [1.165, 1.54) is 6.92 Å². The second kappa shape index (κ2) is 10.2. The molecule has 8 heteroatoms. The first-order valence-corrected chi connectivity index (χ1v) is 10.6. The molecule has 2 fully saturated rings. The molecule has 2 saturated heterocycles. The molecule has 162 valence electrons. The highest BCUT2D eigenvalue weighted by atomic mass is 16.2. The van der Waals surface area contributed by atoms with Crippen LogP contribution < -0.4 is 5.32 Å². The highest BCUT2D eigenvalue weighted by Crippen LogP contribution is 2.20. The second-order valence-electron chi connectivity index (χ2n) is 7.90. The highest BCUT2D eigenvalue weighted by molar-refractivity contribution is 5.92. The van der Waals surface area contributed by atoms with E-state index in [1.54, 1.807) is 14.7 Å². The Morgan fingerprint density at radius 2 is 1.30 bits per heavy atom. The van der Waals surface area contributed by atoms with Crippen LogP contribution in [0.1, 0.15) is 32.6 Å². The molecule has 30 heavy (non-hydrogen) atoms. The number of amides is 4. The van der Waals surface area contributed by atoms with Gasteiger partial charge in [-0.2, -0.15) is 0 Å². The monoisotopic (exact) mass is 414 g/mol. The average molecular weight is 415 g/mol. The summed E-state index contributed by atoms with van der Waals surface area (Å²) in [7, 11) is 0. The summed E-state index contributed by atoms with van der Waals surface area (Å²) in [6.07, 6.45) is 1.64. The maximum absolute atomic E-state index is 12.5. The molecule has 0 aliphatic carbocycles. The zero-order chi connectivity index (χ0) is 21.5. The van der Waals surface area contributed by atoms with E-state index in [2.05, 4.69) is 5.32 Å². The van der Waals surface area contributed by atoms with Crippen LogP contribution in [-0.2, 0) is 19.2 Å². The first-order valence-electron chi connectivity index (χ1n) is 10.6. The standard InChI is InChI=1S/C22H30N4O4/c1-17(27)24-13-15-26(16-14-24)21(29)8-7-20(28)25-11-9-18(10-12-25)22(30)23-19-5-3-2-4-6-19/h2-6,18H,7-16H2,1H3,(H,23,30). The van der Waals surface area contributed by atoms with Crippen LogP contribution in [0, 0.1) is 5.92 Å². The molecule has 3 rings (SSSR count). The Kier molecular flexibility index (Phi) is 7.43. The minimum absolute atomic E-state index is 0.00631. The number of rotatable bonds is 5. The normalized spacial score (nSPS) is 17.6. The maximum atomic E-state index is 12.5. The van der Waals surface area contributed by atoms with Crippen molar-refractivity contribution in [1.29, 1.82) is 0 Å². The van der Waals surface area contributed by atoms with E-state index in [4.69, 9.17) is 0 Å². The fourth-order valence-corrected chi connectivity index (χ4v) is 3.96. The van der Waals surface area contributed by atoms with Crippen molar-refractivity contribution in [3.63, 3.8) is 0 Å². The minimum atomic E-state index is -0.103. The molecule has 8 nitrogen and oxygen atoms in total. The fourth-order valence-electron chi connectivity index (χ4n) is 3.96. The van der Waals surface area contributed by atoms with E-state index in [0.29, 0.717) is 52.1 Å². The Labute approximate surface area is 177 Å². The predicted octanol–water partition coefficient (Wildman–Crippen LogP) is 1.33. The summed E-state index contributed by atoms with van der Waals surface area (Å²) in [5.41, 5.74) is 0.781. The number of piperazine rings is 1. The fraction of sp³-hybridized carbons (Fsp3) is 0.545. The summed E-state index contributed by atoms with van der Waals surface area (Å²) < 4.78 is 0. The largest absolute Gasteiger partial charge is 0.343 e. The van der Waals surface area contributed by atoms with E-state index >= 15 is 0 Å². The van der Waals surface area contributed by atoms with Gasteiger partial charge in [-0.1, -0.05) is 18.2 Å². The maximum Gasteiger partial charge on any atom is 0.227 e. The van der Waals surface area contributed by atoms with E-state index in [-0.39, 0.29) is 42.4 Å². The third-order valence-corrected chi connectivity index (χ3v) is 5.89. The lowest BCUT2D eigenvalue weighted by Gasteiger charge is -2.34. The van der Waals surface area contributed by atoms with Gasteiger partial charge in [-0.25, -0.2) is 0 Å². The smallest absolute Gasteiger partial charge is 0.227 e. The minimum Gasteiger partial charge on any atom is -0.343 e. The SMILES string of the molecule is CC(=O)N1CCN(C(=O)CCC(=O)N2CCC(C(=O)Nc3ccccc3)CC2)CC1. The first-order chi connectivity index (χ1) is 14.4. The van der Waals surface area contributed by atoms with Gasteiger partial charge in [0.1, 0.15) is 0 Å². The molecule has 2 aliphatic rings. The predicted molar refractivity (Wildman–Crippen MR) is 112 cm³/mol. The average Bonchev–Trinajstić information content (AvgIpc) is 2.78. The van der Waals surface area contributed by atoms with E-state index in [9.17, 15) is 19.2 Å². The molecule has 1 aromatic rings. The molecular formula is C22H30N4O4. The molecule has 0 aromatic heterocycles. The third kappa shape index (κ3) is 5.81. The molecule has 0 bridgehead atoms. The zero-order valence-corrected chi connectivity index (χ0v) is 17.5. The number of hydrogen-bond acceptors (Lipinski definition) is 4. The van der Waals surface area contributed by atoms with Crippen molar-refractivity contribution in [1.82, 2.24) is 14.7 Å². The topological polar surface area (TPSA) is 90.0 Å². The Hall–Kier alpha value is -2.90. The van der Waals surface area contributed by atoms with Gasteiger partial charge in [0.2, 0.25) is 23.6 Å². The van der Waals surface area contributed by atoms with Gasteiger partial charge >= 0.3 is 0 Å². The van der Waals surface area contributed by atoms with Crippen LogP contribution in [0.5, 0.6) is 0 Å². The molecular weight excluding hydrogens is 384 g/mol. The van der Waals surface area contributed by atoms with Gasteiger partial charge in [-0.05, 0) is 25.0 Å². The van der Waals surface area contributed by atoms with Crippen LogP contribution in [0.4, 0.5) is 5.69 Å². The van der Waals surface area contributed by atoms with Crippen molar-refractivity contribution in [2.75, 3.05) is 44.6 Å². The van der Waals surface area contributed by atoms with E-state index < -0.39 is 0 Å². The molecule has 0 saturated carbocycles. The molecule has 1 N–H and O–H groups in total. The van der Waals surface area contributed by atoms with Crippen LogP contribution in [-0.4, -0.2) is 77.6 Å². The van der Waals surface area contributed by atoms with Crippen LogP contribution in [0.25, 0.3) is 0 Å². The van der Waals surface area contributed by atoms with Crippen LogP contribution in [0.3, 0.4) is 0 Å². The van der Waals surface area contributed by atoms with Gasteiger partial charge in [0, 0.05) is 70.6 Å². The van der Waals surface area contributed by atoms with Gasteiger partial charge < -0.3 is 20.0 Å². The van der Waals surface area contributed by atoms with Crippen molar-refractivity contribution in [2.45, 2.75) is 32.6 Å². The summed E-state index contributed by atoms with van der Waals surface area (Å²) >= 11 is 0. The van der Waals surface area contributed by atoms with Gasteiger partial charge in [-0.3, -0.25) is 19.2 Å². The van der Waals surface area contributed by atoms with Gasteiger partial charge in [0.15, 0.2) is 0 Å². The molecule has 2 heterocycles. The molecule has 1 aromatic carbocycles. The molecule has 0 unspecified atom stereocenters. The van der Waals surface area contributed by atoms with Crippen molar-refractivity contribution >= 4 is 29.3 Å². The van der Waals surface area contributed by atoms with Crippen LogP contribution >= 0.6 is 0 Å². The molecule has 2 aliphatic heterocycles. The number of carbonyl (C=O) groups excluding carboxylic acids is 4. The van der Waals surface area contributed by atoms with E-state index in [1.807, 2.05) is 30.3 Å². The molecule has 0 radical (unpaired) electrons. The van der Waals surface area contributed by atoms with Crippen molar-refractivity contribution in [3.8, 4) is 0 Å². The number of anilines is 1. The van der Waals surface area contributed by atoms with Crippen LogP contribution in [0.15, 0.2) is 30.3 Å². The molecule has 0 atom stereocenters. The van der Waals surface area contributed by atoms with Gasteiger partial charge in [0.05, 0.1) is 0 Å². The van der Waals surface area contributed by atoms with E-state index in [0.717, 1.165) is 5.69 Å². The Balaban J connectivity index is 1.36. The van der Waals surface area contributed by atoms with Crippen molar-refractivity contribution in [3.05, 3.63) is 30.3 Å². The van der Waals surface area contributed by atoms with Gasteiger partial charge in [0.25, 0.3) is 0 Å². The summed E-state index contributed by atoms with van der Waals surface area (Å²) in [5.74, 6) is -0.156. The summed E-state index contributed by atoms with van der Waals surface area (Å²) in [4.78, 5) is 53.9. The van der Waals surface area contributed by atoms with Gasteiger partial charge in [-0.15, -0.1) is 0 Å². The Morgan fingerprint density at radius 3 is 1.83 bits per heavy atom. The molecule has 0 spiro atoms. The first kappa shape index (κ1) is 21.8. The lowest BCUT2D eigenvalue weighted by atomic mass is 9.95. The van der Waals surface area contributed by atoms with Crippen LogP contribution in [0.2, 0.25) is 0 Å². The Bertz CT molecular complexity index is 767. The summed E-state index contributed by atoms with van der Waals surface area (Å²) in [5, 5.41) is 2.93. The number of likely N-dealkylation sites (tertiary alicyclic amines) is 1. The number of hydrogen-bond donors (Lipinski definition) is 1. The lowest BCUT2D eigenvalue weighted by Crippen LogP contribution is -2.50. The number of benzene rings is 1. The Morgan fingerprint density at radius 1 is 0.800 bits per heavy atom. The number of nitrogens with zero attached hydrogens (tertiary/aromatic N) is 3. The molecule has 4 amide bonds.